The van der Waals surface area contributed by atoms with Crippen molar-refractivity contribution in [3.63, 3.8) is 0 Å². The maximum absolute atomic E-state index is 12.1. The van der Waals surface area contributed by atoms with Gasteiger partial charge in [0.2, 0.25) is 25.7 Å². The van der Waals surface area contributed by atoms with E-state index < -0.39 is 5.41 Å². The second kappa shape index (κ2) is 4.14. The minimum atomic E-state index is -0.741. The highest BCUT2D eigenvalue weighted by molar-refractivity contribution is 6.26. The second-order valence-electron chi connectivity index (χ2n) is 4.75. The number of rotatable bonds is 2. The zero-order valence-electron chi connectivity index (χ0n) is 9.81. The van der Waals surface area contributed by atoms with E-state index in [2.05, 4.69) is 0 Å². The fourth-order valence-corrected chi connectivity index (χ4v) is 2.64. The van der Waals surface area contributed by atoms with Gasteiger partial charge in [-0.1, -0.05) is 0 Å². The Hall–Kier alpha value is -1.37. The van der Waals surface area contributed by atoms with Crippen molar-refractivity contribution in [2.24, 2.45) is 5.41 Å². The van der Waals surface area contributed by atoms with Gasteiger partial charge in [0.05, 0.1) is 12.0 Å². The van der Waals surface area contributed by atoms with E-state index in [0.29, 0.717) is 19.4 Å². The van der Waals surface area contributed by atoms with Crippen LogP contribution in [-0.2, 0) is 14.4 Å². The van der Waals surface area contributed by atoms with Crippen LogP contribution >= 0.6 is 0 Å². The summed E-state index contributed by atoms with van der Waals surface area (Å²) in [6.45, 7) is 0.471. The van der Waals surface area contributed by atoms with Gasteiger partial charge in [0.15, 0.2) is 0 Å². The Labute approximate surface area is 100.0 Å². The summed E-state index contributed by atoms with van der Waals surface area (Å²) in [5.74, 6) is -0.564. The van der Waals surface area contributed by atoms with Gasteiger partial charge in [-0.3, -0.25) is 14.4 Å². The summed E-state index contributed by atoms with van der Waals surface area (Å²) in [6, 6.07) is 0. The third-order valence-corrected chi connectivity index (χ3v) is 3.66. The normalized spacial score (nSPS) is 29.6. The number of β-amino-alcohol motifs (C(OH)–C–C–N with tert-alkyl or cyclic N) is 1. The van der Waals surface area contributed by atoms with Gasteiger partial charge in [-0.2, -0.15) is 0 Å². The molecule has 0 bridgehead atoms. The zero-order chi connectivity index (χ0) is 12.6. The first-order valence-corrected chi connectivity index (χ1v) is 5.70. The van der Waals surface area contributed by atoms with Gasteiger partial charge in [-0.15, -0.1) is 0 Å². The predicted octanol–water partition coefficient (Wildman–Crippen LogP) is -2.11. The Bertz CT molecular complexity index is 387. The van der Waals surface area contributed by atoms with E-state index in [-0.39, 0.29) is 37.3 Å². The molecule has 7 heteroatoms. The number of hydrogen-bond donors (Lipinski definition) is 1. The van der Waals surface area contributed by atoms with Gasteiger partial charge < -0.3 is 14.8 Å². The molecule has 1 spiro atoms. The van der Waals surface area contributed by atoms with Crippen LogP contribution in [0.3, 0.4) is 0 Å². The van der Waals surface area contributed by atoms with Crippen LogP contribution in [0.2, 0.25) is 0 Å². The molecule has 0 aromatic rings. The van der Waals surface area contributed by atoms with Crippen LogP contribution in [0.15, 0.2) is 0 Å². The Morgan fingerprint density at radius 1 is 1.29 bits per heavy atom. The lowest BCUT2D eigenvalue weighted by Gasteiger charge is -2.36. The van der Waals surface area contributed by atoms with E-state index in [0.717, 1.165) is 4.81 Å². The van der Waals surface area contributed by atoms with Gasteiger partial charge in [-0.25, -0.2) is 0 Å². The first kappa shape index (κ1) is 12.1. The smallest absolute Gasteiger partial charge is 0.231 e. The molecule has 1 N–H and O–H groups in total. The molecule has 2 heterocycles. The molecule has 0 aromatic heterocycles. The fraction of sp³-hybridized carbons (Fsp3) is 0.700. The van der Waals surface area contributed by atoms with Crippen LogP contribution in [-0.4, -0.2) is 60.2 Å². The highest BCUT2D eigenvalue weighted by atomic mass is 16.3. The van der Waals surface area contributed by atoms with Crippen molar-refractivity contribution in [3.05, 3.63) is 0 Å². The van der Waals surface area contributed by atoms with Crippen molar-refractivity contribution in [3.8, 4) is 0 Å². The molecule has 2 fully saturated rings. The van der Waals surface area contributed by atoms with E-state index in [1.807, 2.05) is 0 Å². The highest BCUT2D eigenvalue weighted by Gasteiger charge is 2.52. The van der Waals surface area contributed by atoms with E-state index in [1.54, 1.807) is 0 Å². The average molecular weight is 238 g/mol. The third-order valence-electron chi connectivity index (χ3n) is 3.66. The average Bonchev–Trinajstić information content (AvgIpc) is 2.61. The van der Waals surface area contributed by atoms with Crippen LogP contribution in [0.4, 0.5) is 0 Å². The van der Waals surface area contributed by atoms with Crippen molar-refractivity contribution in [2.75, 3.05) is 19.7 Å². The number of carbonyl (C=O) groups is 3. The Morgan fingerprint density at radius 3 is 2.65 bits per heavy atom. The molecule has 2 saturated heterocycles. The summed E-state index contributed by atoms with van der Waals surface area (Å²) in [5, 5.41) is 8.85. The van der Waals surface area contributed by atoms with E-state index in [9.17, 15) is 14.4 Å². The number of hydrogen-bond acceptors (Lipinski definition) is 4. The molecule has 0 aromatic carbocycles. The molecule has 1 atom stereocenters. The Morgan fingerprint density at radius 2 is 2.00 bits per heavy atom. The minimum absolute atomic E-state index is 0.106. The van der Waals surface area contributed by atoms with E-state index in [4.69, 9.17) is 5.11 Å². The lowest BCUT2D eigenvalue weighted by molar-refractivity contribution is -0.150. The number of aliphatic hydroxyl groups excluding tert-OH is 1. The fourth-order valence-electron chi connectivity index (χ4n) is 2.64. The molecule has 2 rings (SSSR count). The lowest BCUT2D eigenvalue weighted by Crippen LogP contribution is -2.51. The first-order chi connectivity index (χ1) is 8.00. The van der Waals surface area contributed by atoms with Gasteiger partial charge in [0, 0.05) is 25.9 Å². The van der Waals surface area contributed by atoms with Crippen LogP contribution < -0.4 is 0 Å². The zero-order valence-corrected chi connectivity index (χ0v) is 9.81. The number of nitrogens with zero attached hydrogens (tertiary/aromatic N) is 2. The summed E-state index contributed by atoms with van der Waals surface area (Å²) in [5.41, 5.74) is -0.741. The van der Waals surface area contributed by atoms with Crippen LogP contribution in [0.5, 0.6) is 0 Å². The molecule has 0 radical (unpaired) electrons. The molecule has 1 unspecified atom stereocenters. The molecule has 6 nitrogen and oxygen atoms in total. The molecule has 92 valence electrons. The minimum Gasteiger partial charge on any atom is -0.395 e. The number of aliphatic hydroxyl groups is 1. The molecule has 2 aliphatic heterocycles. The van der Waals surface area contributed by atoms with Crippen LogP contribution in [0.1, 0.15) is 19.3 Å². The van der Waals surface area contributed by atoms with Crippen molar-refractivity contribution in [1.29, 1.82) is 0 Å². The van der Waals surface area contributed by atoms with Crippen LogP contribution in [0, 0.1) is 5.41 Å². The standard InChI is InChI=1S/C10H15BN2O4/c11-13-7(15)1-2-10(9(13)17)5-8(16)12(6-10)3-4-14/h14H,1-6,11H2. The Balaban J connectivity index is 2.19. The van der Waals surface area contributed by atoms with Crippen molar-refractivity contribution >= 4 is 25.7 Å². The molecular formula is C10H15BN2O4. The summed E-state index contributed by atoms with van der Waals surface area (Å²) in [7, 11) is 1.46. The molecular weight excluding hydrogens is 223 g/mol. The summed E-state index contributed by atoms with van der Waals surface area (Å²) in [4.78, 5) is 37.9. The topological polar surface area (TPSA) is 77.9 Å². The number of likely N-dealkylation sites (tertiary alicyclic amines) is 1. The first-order valence-electron chi connectivity index (χ1n) is 5.70. The maximum atomic E-state index is 12.1. The molecule has 3 amide bonds. The number of piperidine rings is 1. The van der Waals surface area contributed by atoms with E-state index >= 15 is 0 Å². The van der Waals surface area contributed by atoms with Crippen molar-refractivity contribution in [2.45, 2.75) is 19.3 Å². The maximum Gasteiger partial charge on any atom is 0.231 e. The van der Waals surface area contributed by atoms with Crippen molar-refractivity contribution in [1.82, 2.24) is 9.71 Å². The predicted molar refractivity (Wildman–Crippen MR) is 60.3 cm³/mol. The van der Waals surface area contributed by atoms with Gasteiger partial charge in [-0.05, 0) is 6.42 Å². The molecule has 0 aliphatic carbocycles. The SMILES string of the molecule is BN1C(=O)CCC2(CC(=O)N(CCO)C2)C1=O. The van der Waals surface area contributed by atoms with E-state index in [1.165, 1.54) is 12.9 Å². The lowest BCUT2D eigenvalue weighted by atomic mass is 9.77. The van der Waals surface area contributed by atoms with Gasteiger partial charge >= 0.3 is 0 Å². The largest absolute Gasteiger partial charge is 0.395 e. The third kappa shape index (κ3) is 1.84. The number of imide groups is 1. The number of amides is 3. The Kier molecular flexibility index (Phi) is 2.95. The summed E-state index contributed by atoms with van der Waals surface area (Å²) < 4.78 is 0. The van der Waals surface area contributed by atoms with Crippen LogP contribution in [0.25, 0.3) is 0 Å². The summed E-state index contributed by atoms with van der Waals surface area (Å²) >= 11 is 0. The quantitative estimate of drug-likeness (QED) is 0.441. The monoisotopic (exact) mass is 238 g/mol. The summed E-state index contributed by atoms with van der Waals surface area (Å²) in [6.07, 6.45) is 0.897. The van der Waals surface area contributed by atoms with Gasteiger partial charge in [0.25, 0.3) is 0 Å². The molecule has 2 aliphatic rings. The molecule has 0 saturated carbocycles. The number of carbonyl (C=O) groups excluding carboxylic acids is 3. The second-order valence-corrected chi connectivity index (χ2v) is 4.75. The van der Waals surface area contributed by atoms with Gasteiger partial charge in [0.1, 0.15) is 0 Å². The highest BCUT2D eigenvalue weighted by Crippen LogP contribution is 2.40. The van der Waals surface area contributed by atoms with Crippen molar-refractivity contribution < 1.29 is 19.5 Å². The molecule has 17 heavy (non-hydrogen) atoms.